The fraction of sp³-hybridized carbons (Fsp3) is 0.250. The van der Waals surface area contributed by atoms with Crippen molar-refractivity contribution in [2.24, 2.45) is 0 Å². The second kappa shape index (κ2) is 5.68. The van der Waals surface area contributed by atoms with Gasteiger partial charge >= 0.3 is 0 Å². The van der Waals surface area contributed by atoms with Gasteiger partial charge in [-0.15, -0.1) is 0 Å². The Bertz CT molecular complexity index is 534. The van der Waals surface area contributed by atoms with Crippen LogP contribution >= 0.6 is 15.9 Å². The van der Waals surface area contributed by atoms with Crippen LogP contribution in [0.25, 0.3) is 0 Å². The molecule has 0 bridgehead atoms. The standard InChI is InChI=1S/C16H17BrO/c1-11(2)12-7-3-4-8-13(12)16(18)14-9-5-6-10-15(14)17/h3-11,16,18H,1-2H3. The van der Waals surface area contributed by atoms with Crippen molar-refractivity contribution in [3.8, 4) is 0 Å². The predicted octanol–water partition coefficient (Wildman–Crippen LogP) is 4.65. The van der Waals surface area contributed by atoms with Crippen molar-refractivity contribution in [1.82, 2.24) is 0 Å². The SMILES string of the molecule is CC(C)c1ccccc1C(O)c1ccccc1Br. The molecule has 0 aliphatic carbocycles. The highest BCUT2D eigenvalue weighted by atomic mass is 79.9. The van der Waals surface area contributed by atoms with Gasteiger partial charge in [0.2, 0.25) is 0 Å². The predicted molar refractivity (Wildman–Crippen MR) is 78.7 cm³/mol. The summed E-state index contributed by atoms with van der Waals surface area (Å²) >= 11 is 3.50. The molecule has 18 heavy (non-hydrogen) atoms. The Hall–Kier alpha value is -1.12. The topological polar surface area (TPSA) is 20.2 Å². The normalized spacial score (nSPS) is 12.7. The van der Waals surface area contributed by atoms with Gasteiger partial charge < -0.3 is 5.11 Å². The van der Waals surface area contributed by atoms with E-state index in [0.717, 1.165) is 15.6 Å². The highest BCUT2D eigenvalue weighted by molar-refractivity contribution is 9.10. The van der Waals surface area contributed by atoms with Crippen molar-refractivity contribution in [2.75, 3.05) is 0 Å². The Morgan fingerprint density at radius 3 is 1.89 bits per heavy atom. The number of hydrogen-bond acceptors (Lipinski definition) is 1. The van der Waals surface area contributed by atoms with Crippen LogP contribution in [0, 0.1) is 0 Å². The Balaban J connectivity index is 2.46. The van der Waals surface area contributed by atoms with Gasteiger partial charge in [0.15, 0.2) is 0 Å². The van der Waals surface area contributed by atoms with Crippen LogP contribution in [0.15, 0.2) is 53.0 Å². The lowest BCUT2D eigenvalue weighted by Crippen LogP contribution is -2.05. The Morgan fingerprint density at radius 2 is 1.33 bits per heavy atom. The van der Waals surface area contributed by atoms with Gasteiger partial charge in [-0.05, 0) is 28.7 Å². The average molecular weight is 305 g/mol. The van der Waals surface area contributed by atoms with E-state index in [4.69, 9.17) is 0 Å². The second-order valence-electron chi connectivity index (χ2n) is 4.71. The number of hydrogen-bond donors (Lipinski definition) is 1. The molecule has 1 N–H and O–H groups in total. The van der Waals surface area contributed by atoms with E-state index in [0.29, 0.717) is 5.92 Å². The van der Waals surface area contributed by atoms with E-state index in [2.05, 4.69) is 35.8 Å². The molecule has 0 heterocycles. The summed E-state index contributed by atoms with van der Waals surface area (Å²) in [5.74, 6) is 0.401. The molecule has 0 radical (unpaired) electrons. The minimum Gasteiger partial charge on any atom is -0.384 e. The lowest BCUT2D eigenvalue weighted by molar-refractivity contribution is 0.218. The number of halogens is 1. The van der Waals surface area contributed by atoms with Crippen LogP contribution in [0.5, 0.6) is 0 Å². The first kappa shape index (κ1) is 13.3. The zero-order chi connectivity index (χ0) is 13.1. The molecule has 0 aliphatic heterocycles. The van der Waals surface area contributed by atoms with Crippen molar-refractivity contribution in [1.29, 1.82) is 0 Å². The first-order valence-corrected chi connectivity index (χ1v) is 6.92. The van der Waals surface area contributed by atoms with Crippen LogP contribution in [-0.2, 0) is 0 Å². The summed E-state index contributed by atoms with van der Waals surface area (Å²) in [6.45, 7) is 4.29. The van der Waals surface area contributed by atoms with E-state index >= 15 is 0 Å². The molecule has 2 rings (SSSR count). The van der Waals surface area contributed by atoms with Crippen LogP contribution in [0.4, 0.5) is 0 Å². The first-order valence-electron chi connectivity index (χ1n) is 6.12. The minimum atomic E-state index is -0.584. The molecule has 1 unspecified atom stereocenters. The number of aliphatic hydroxyl groups is 1. The van der Waals surface area contributed by atoms with E-state index in [-0.39, 0.29) is 0 Å². The quantitative estimate of drug-likeness (QED) is 0.875. The summed E-state index contributed by atoms with van der Waals surface area (Å²) in [7, 11) is 0. The molecule has 0 saturated carbocycles. The van der Waals surface area contributed by atoms with Crippen LogP contribution < -0.4 is 0 Å². The van der Waals surface area contributed by atoms with Gasteiger partial charge in [0.05, 0.1) is 0 Å². The van der Waals surface area contributed by atoms with Crippen molar-refractivity contribution in [2.45, 2.75) is 25.9 Å². The zero-order valence-electron chi connectivity index (χ0n) is 10.6. The Kier molecular flexibility index (Phi) is 4.20. The molecule has 0 saturated heterocycles. The largest absolute Gasteiger partial charge is 0.384 e. The van der Waals surface area contributed by atoms with Gasteiger partial charge in [-0.25, -0.2) is 0 Å². The summed E-state index contributed by atoms with van der Waals surface area (Å²) in [6, 6.07) is 15.9. The van der Waals surface area contributed by atoms with E-state index in [9.17, 15) is 5.11 Å². The van der Waals surface area contributed by atoms with Crippen LogP contribution in [0.1, 0.15) is 42.6 Å². The molecule has 0 amide bonds. The lowest BCUT2D eigenvalue weighted by atomic mass is 9.91. The molecular weight excluding hydrogens is 288 g/mol. The molecule has 2 aromatic rings. The average Bonchev–Trinajstić information content (AvgIpc) is 2.38. The monoisotopic (exact) mass is 304 g/mol. The third-order valence-electron chi connectivity index (χ3n) is 3.11. The highest BCUT2D eigenvalue weighted by Gasteiger charge is 2.17. The van der Waals surface area contributed by atoms with Gasteiger partial charge in [0, 0.05) is 4.47 Å². The van der Waals surface area contributed by atoms with Gasteiger partial charge in [0.1, 0.15) is 6.10 Å². The highest BCUT2D eigenvalue weighted by Crippen LogP contribution is 2.32. The fourth-order valence-corrected chi connectivity index (χ4v) is 2.65. The molecule has 0 aromatic heterocycles. The first-order chi connectivity index (χ1) is 8.61. The van der Waals surface area contributed by atoms with Crippen molar-refractivity contribution < 1.29 is 5.11 Å². The lowest BCUT2D eigenvalue weighted by Gasteiger charge is -2.19. The summed E-state index contributed by atoms with van der Waals surface area (Å²) in [4.78, 5) is 0. The van der Waals surface area contributed by atoms with Crippen molar-refractivity contribution in [3.63, 3.8) is 0 Å². The summed E-state index contributed by atoms with van der Waals surface area (Å²) in [5.41, 5.74) is 3.09. The molecule has 2 aromatic carbocycles. The maximum Gasteiger partial charge on any atom is 0.105 e. The zero-order valence-corrected chi connectivity index (χ0v) is 12.2. The van der Waals surface area contributed by atoms with E-state index in [1.807, 2.05) is 42.5 Å². The Morgan fingerprint density at radius 1 is 0.833 bits per heavy atom. The van der Waals surface area contributed by atoms with E-state index in [1.165, 1.54) is 5.56 Å². The molecule has 1 nitrogen and oxygen atoms in total. The van der Waals surface area contributed by atoms with Crippen molar-refractivity contribution in [3.05, 3.63) is 69.7 Å². The molecule has 2 heteroatoms. The smallest absolute Gasteiger partial charge is 0.105 e. The summed E-state index contributed by atoms with van der Waals surface area (Å²) in [6.07, 6.45) is -0.584. The maximum absolute atomic E-state index is 10.6. The minimum absolute atomic E-state index is 0.401. The van der Waals surface area contributed by atoms with Gasteiger partial charge in [-0.1, -0.05) is 72.2 Å². The van der Waals surface area contributed by atoms with Gasteiger partial charge in [-0.2, -0.15) is 0 Å². The molecule has 0 spiro atoms. The second-order valence-corrected chi connectivity index (χ2v) is 5.56. The summed E-state index contributed by atoms with van der Waals surface area (Å²) < 4.78 is 0.941. The van der Waals surface area contributed by atoms with E-state index in [1.54, 1.807) is 0 Å². The van der Waals surface area contributed by atoms with Gasteiger partial charge in [-0.3, -0.25) is 0 Å². The van der Waals surface area contributed by atoms with E-state index < -0.39 is 6.10 Å². The fourth-order valence-electron chi connectivity index (χ4n) is 2.15. The molecule has 0 aliphatic rings. The van der Waals surface area contributed by atoms with Crippen LogP contribution in [-0.4, -0.2) is 5.11 Å². The maximum atomic E-state index is 10.6. The van der Waals surface area contributed by atoms with Crippen LogP contribution in [0.2, 0.25) is 0 Å². The summed E-state index contributed by atoms with van der Waals surface area (Å²) in [5, 5.41) is 10.6. The molecule has 0 fully saturated rings. The van der Waals surface area contributed by atoms with Crippen LogP contribution in [0.3, 0.4) is 0 Å². The van der Waals surface area contributed by atoms with Crippen molar-refractivity contribution >= 4 is 15.9 Å². The number of rotatable bonds is 3. The third kappa shape index (κ3) is 2.65. The number of aliphatic hydroxyl groups excluding tert-OH is 1. The Labute approximate surface area is 117 Å². The molecular formula is C16H17BrO. The third-order valence-corrected chi connectivity index (χ3v) is 3.83. The van der Waals surface area contributed by atoms with Gasteiger partial charge in [0.25, 0.3) is 0 Å². The number of benzene rings is 2. The molecule has 1 atom stereocenters. The molecule has 94 valence electrons.